The maximum atomic E-state index is 12.6. The first kappa shape index (κ1) is 20.7. The number of sulfone groups is 1. The fraction of sp³-hybridized carbons (Fsp3) is 0.238. The molecule has 2 aromatic rings. The van der Waals surface area contributed by atoms with Crippen molar-refractivity contribution < 1.29 is 32.3 Å². The lowest BCUT2D eigenvalue weighted by atomic mass is 10.1. The summed E-state index contributed by atoms with van der Waals surface area (Å²) >= 11 is 0. The van der Waals surface area contributed by atoms with Crippen molar-refractivity contribution in [1.82, 2.24) is 5.32 Å². The maximum Gasteiger partial charge on any atom is 0.338 e. The van der Waals surface area contributed by atoms with Gasteiger partial charge in [-0.05, 0) is 36.8 Å². The zero-order valence-electron chi connectivity index (χ0n) is 16.2. The highest BCUT2D eigenvalue weighted by atomic mass is 32.2. The molecule has 0 radical (unpaired) electrons. The Labute approximate surface area is 177 Å². The third-order valence-corrected chi connectivity index (χ3v) is 6.83. The van der Waals surface area contributed by atoms with Crippen LogP contribution >= 0.6 is 0 Å². The van der Waals surface area contributed by atoms with E-state index in [0.29, 0.717) is 6.42 Å². The molecule has 1 fully saturated rings. The Morgan fingerprint density at radius 2 is 1.71 bits per heavy atom. The number of benzene rings is 2. The molecule has 9 nitrogen and oxygen atoms in total. The van der Waals surface area contributed by atoms with Gasteiger partial charge in [-0.2, -0.15) is 0 Å². The molecule has 0 aliphatic carbocycles. The minimum Gasteiger partial charge on any atom is -0.452 e. The number of rotatable bonds is 5. The van der Waals surface area contributed by atoms with E-state index in [1.165, 1.54) is 24.3 Å². The zero-order valence-corrected chi connectivity index (χ0v) is 17.1. The predicted molar refractivity (Wildman–Crippen MR) is 110 cm³/mol. The summed E-state index contributed by atoms with van der Waals surface area (Å²) in [5.41, 5.74) is 0.837. The van der Waals surface area contributed by atoms with Crippen LogP contribution in [0.1, 0.15) is 37.5 Å². The number of anilines is 1. The van der Waals surface area contributed by atoms with Crippen LogP contribution in [0.15, 0.2) is 48.5 Å². The van der Waals surface area contributed by atoms with Gasteiger partial charge in [0.05, 0.1) is 33.9 Å². The Balaban J connectivity index is 1.41. The fourth-order valence-electron chi connectivity index (χ4n) is 3.59. The van der Waals surface area contributed by atoms with E-state index in [9.17, 15) is 27.6 Å². The lowest BCUT2D eigenvalue weighted by Crippen LogP contribution is -2.38. The standard InChI is InChI=1S/C21H18N2O7S/c24-18(22-14-8-9-31(28,29)12-14)11-30-21(27)13-4-3-5-15(10-13)23-19(25)16-6-1-2-7-17(16)20(23)26/h1-7,10,14H,8-9,11-12H2,(H,22,24). The smallest absolute Gasteiger partial charge is 0.338 e. The molecule has 1 atom stereocenters. The van der Waals surface area contributed by atoms with Gasteiger partial charge in [-0.1, -0.05) is 18.2 Å². The lowest BCUT2D eigenvalue weighted by molar-refractivity contribution is -0.124. The van der Waals surface area contributed by atoms with Gasteiger partial charge in [0.2, 0.25) is 0 Å². The largest absolute Gasteiger partial charge is 0.452 e. The van der Waals surface area contributed by atoms with Crippen LogP contribution in [0.5, 0.6) is 0 Å². The molecule has 0 bridgehead atoms. The molecule has 1 N–H and O–H groups in total. The van der Waals surface area contributed by atoms with Gasteiger partial charge in [-0.25, -0.2) is 18.1 Å². The second-order valence-electron chi connectivity index (χ2n) is 7.29. The molecule has 4 rings (SSSR count). The summed E-state index contributed by atoms with van der Waals surface area (Å²) in [6.45, 7) is -0.577. The number of hydrogen-bond donors (Lipinski definition) is 1. The summed E-state index contributed by atoms with van der Waals surface area (Å²) in [5.74, 6) is -2.51. The molecule has 10 heteroatoms. The van der Waals surface area contributed by atoms with E-state index in [-0.39, 0.29) is 33.9 Å². The van der Waals surface area contributed by atoms with Crippen molar-refractivity contribution in [3.8, 4) is 0 Å². The molecular weight excluding hydrogens is 424 g/mol. The van der Waals surface area contributed by atoms with Crippen LogP contribution in [0, 0.1) is 0 Å². The van der Waals surface area contributed by atoms with Crippen LogP contribution in [0.2, 0.25) is 0 Å². The van der Waals surface area contributed by atoms with Crippen LogP contribution in [-0.4, -0.2) is 56.3 Å². The first-order valence-corrected chi connectivity index (χ1v) is 11.3. The molecule has 3 amide bonds. The average Bonchev–Trinajstić information content (AvgIpc) is 3.22. The minimum atomic E-state index is -3.14. The van der Waals surface area contributed by atoms with Crippen LogP contribution < -0.4 is 10.2 Å². The molecule has 31 heavy (non-hydrogen) atoms. The third kappa shape index (κ3) is 4.19. The minimum absolute atomic E-state index is 0.0162. The number of nitrogens with zero attached hydrogens (tertiary/aromatic N) is 1. The molecule has 0 saturated carbocycles. The molecule has 0 spiro atoms. The summed E-state index contributed by atoms with van der Waals surface area (Å²) < 4.78 is 27.9. The highest BCUT2D eigenvalue weighted by Crippen LogP contribution is 2.28. The van der Waals surface area contributed by atoms with Gasteiger partial charge in [0, 0.05) is 6.04 Å². The summed E-state index contributed by atoms with van der Waals surface area (Å²) in [5, 5.41) is 2.53. The SMILES string of the molecule is O=C(COC(=O)c1cccc(N2C(=O)c3ccccc3C2=O)c1)NC1CCS(=O)(=O)C1. The fourth-order valence-corrected chi connectivity index (χ4v) is 5.26. The molecule has 1 unspecified atom stereocenters. The van der Waals surface area contributed by atoms with Crippen LogP contribution in [0.3, 0.4) is 0 Å². The Morgan fingerprint density at radius 1 is 1.03 bits per heavy atom. The molecule has 2 aliphatic rings. The summed E-state index contributed by atoms with van der Waals surface area (Å²) in [7, 11) is -3.14. The van der Waals surface area contributed by atoms with E-state index >= 15 is 0 Å². The number of imide groups is 1. The van der Waals surface area contributed by atoms with Crippen molar-refractivity contribution in [1.29, 1.82) is 0 Å². The highest BCUT2D eigenvalue weighted by molar-refractivity contribution is 7.91. The first-order chi connectivity index (χ1) is 14.7. The Bertz CT molecular complexity index is 1170. The van der Waals surface area contributed by atoms with Crippen molar-refractivity contribution in [3.63, 3.8) is 0 Å². The Kier molecular flexibility index (Phi) is 5.32. The van der Waals surface area contributed by atoms with Crippen molar-refractivity contribution in [2.75, 3.05) is 23.0 Å². The van der Waals surface area contributed by atoms with Gasteiger partial charge >= 0.3 is 5.97 Å². The monoisotopic (exact) mass is 442 g/mol. The summed E-state index contributed by atoms with van der Waals surface area (Å²) in [6.07, 6.45) is 0.324. The van der Waals surface area contributed by atoms with Gasteiger partial charge in [0.15, 0.2) is 16.4 Å². The molecular formula is C21H18N2O7S. The summed E-state index contributed by atoms with van der Waals surface area (Å²) in [4.78, 5) is 50.5. The van der Waals surface area contributed by atoms with E-state index in [4.69, 9.17) is 4.74 Å². The van der Waals surface area contributed by atoms with Crippen LogP contribution in [0.25, 0.3) is 0 Å². The number of ether oxygens (including phenoxy) is 1. The van der Waals surface area contributed by atoms with E-state index in [2.05, 4.69) is 5.32 Å². The molecule has 1 saturated heterocycles. The topological polar surface area (TPSA) is 127 Å². The van der Waals surface area contributed by atoms with Crippen molar-refractivity contribution in [2.45, 2.75) is 12.5 Å². The van der Waals surface area contributed by atoms with Gasteiger partial charge < -0.3 is 10.1 Å². The average molecular weight is 442 g/mol. The third-order valence-electron chi connectivity index (χ3n) is 5.07. The number of esters is 1. The molecule has 2 aromatic carbocycles. The number of nitrogens with one attached hydrogen (secondary N) is 1. The van der Waals surface area contributed by atoms with E-state index in [1.807, 2.05) is 0 Å². The van der Waals surface area contributed by atoms with Gasteiger partial charge in [-0.3, -0.25) is 14.4 Å². The molecule has 160 valence electrons. The van der Waals surface area contributed by atoms with Gasteiger partial charge in [0.25, 0.3) is 17.7 Å². The predicted octanol–water partition coefficient (Wildman–Crippen LogP) is 0.947. The maximum absolute atomic E-state index is 12.6. The molecule has 2 heterocycles. The summed E-state index contributed by atoms with van der Waals surface area (Å²) in [6, 6.07) is 11.7. The normalized spacial score (nSPS) is 19.2. The molecule has 2 aliphatic heterocycles. The second-order valence-corrected chi connectivity index (χ2v) is 9.51. The van der Waals surface area contributed by atoms with E-state index in [0.717, 1.165) is 4.90 Å². The van der Waals surface area contributed by atoms with Crippen LogP contribution in [0.4, 0.5) is 5.69 Å². The van der Waals surface area contributed by atoms with Crippen molar-refractivity contribution in [3.05, 3.63) is 65.2 Å². The Hall–Kier alpha value is -3.53. The number of fused-ring (bicyclic) bond motifs is 1. The quantitative estimate of drug-likeness (QED) is 0.539. The number of hydrogen-bond acceptors (Lipinski definition) is 7. The number of carbonyl (C=O) groups excluding carboxylic acids is 4. The molecule has 0 aromatic heterocycles. The second kappa shape index (κ2) is 7.95. The Morgan fingerprint density at radius 3 is 2.32 bits per heavy atom. The van der Waals surface area contributed by atoms with Gasteiger partial charge in [-0.15, -0.1) is 0 Å². The number of amides is 3. The zero-order chi connectivity index (χ0) is 22.2. The van der Waals surface area contributed by atoms with Gasteiger partial charge in [0.1, 0.15) is 0 Å². The van der Waals surface area contributed by atoms with Crippen LogP contribution in [-0.2, 0) is 19.4 Å². The number of carbonyl (C=O) groups is 4. The first-order valence-electron chi connectivity index (χ1n) is 9.50. The van der Waals surface area contributed by atoms with Crippen molar-refractivity contribution in [2.24, 2.45) is 0 Å². The lowest BCUT2D eigenvalue weighted by Gasteiger charge is -2.15. The van der Waals surface area contributed by atoms with E-state index in [1.54, 1.807) is 24.3 Å². The highest BCUT2D eigenvalue weighted by Gasteiger charge is 2.36. The van der Waals surface area contributed by atoms with E-state index < -0.39 is 46.2 Å². The van der Waals surface area contributed by atoms with Crippen molar-refractivity contribution >= 4 is 39.2 Å².